The highest BCUT2D eigenvalue weighted by molar-refractivity contribution is 6.46. The van der Waals surface area contributed by atoms with Crippen LogP contribution in [-0.4, -0.2) is 40.4 Å². The molecule has 0 radical (unpaired) electrons. The molecule has 0 aliphatic carbocycles. The van der Waals surface area contributed by atoms with E-state index in [1.165, 1.54) is 4.90 Å². The number of carbonyl (C=O) groups excluding carboxylic acids is 2. The Balaban J connectivity index is 1.79. The number of nitrogens with zero attached hydrogens (tertiary/aromatic N) is 2. The zero-order valence-corrected chi connectivity index (χ0v) is 19.1. The number of amides is 1. The minimum absolute atomic E-state index is 0.0429. The molecule has 7 heteroatoms. The van der Waals surface area contributed by atoms with Gasteiger partial charge in [0.25, 0.3) is 11.7 Å². The first-order chi connectivity index (χ1) is 16.5. The van der Waals surface area contributed by atoms with Crippen molar-refractivity contribution in [3.05, 3.63) is 95.3 Å². The summed E-state index contributed by atoms with van der Waals surface area (Å²) in [6, 6.07) is 16.8. The average molecular weight is 459 g/mol. The van der Waals surface area contributed by atoms with Gasteiger partial charge in [0.15, 0.2) is 0 Å². The molecule has 34 heavy (non-hydrogen) atoms. The summed E-state index contributed by atoms with van der Waals surface area (Å²) in [5.41, 5.74) is 1.94. The summed E-state index contributed by atoms with van der Waals surface area (Å²) in [5.74, 6) is -0.312. The van der Waals surface area contributed by atoms with E-state index in [1.807, 2.05) is 37.3 Å². The van der Waals surface area contributed by atoms with Gasteiger partial charge in [0, 0.05) is 24.5 Å². The number of hydrogen-bond donors (Lipinski definition) is 1. The summed E-state index contributed by atoms with van der Waals surface area (Å²) in [7, 11) is 1.55. The number of ketones is 1. The lowest BCUT2D eigenvalue weighted by Crippen LogP contribution is -2.29. The molecule has 2 aromatic carbocycles. The minimum atomic E-state index is -0.762. The Hall–Kier alpha value is -4.13. The van der Waals surface area contributed by atoms with Gasteiger partial charge in [-0.2, -0.15) is 0 Å². The summed E-state index contributed by atoms with van der Waals surface area (Å²) < 4.78 is 10.9. The minimum Gasteiger partial charge on any atom is -0.507 e. The van der Waals surface area contributed by atoms with E-state index in [0.29, 0.717) is 29.2 Å². The molecule has 1 aliphatic heterocycles. The topological polar surface area (TPSA) is 89.0 Å². The molecular weight excluding hydrogens is 432 g/mol. The van der Waals surface area contributed by atoms with Crippen LogP contribution < -0.4 is 9.47 Å². The summed E-state index contributed by atoms with van der Waals surface area (Å²) >= 11 is 0. The number of benzene rings is 2. The molecule has 1 atom stereocenters. The van der Waals surface area contributed by atoms with Crippen molar-refractivity contribution in [3.63, 3.8) is 0 Å². The molecule has 0 saturated carbocycles. The average Bonchev–Trinajstić information content (AvgIpc) is 3.13. The lowest BCUT2D eigenvalue weighted by molar-refractivity contribution is -0.140. The van der Waals surface area contributed by atoms with Crippen LogP contribution in [0.25, 0.3) is 5.76 Å². The monoisotopic (exact) mass is 458 g/mol. The van der Waals surface area contributed by atoms with E-state index in [4.69, 9.17) is 9.47 Å². The molecule has 174 valence electrons. The van der Waals surface area contributed by atoms with Crippen molar-refractivity contribution in [2.45, 2.75) is 25.9 Å². The molecule has 1 unspecified atom stereocenters. The largest absolute Gasteiger partial charge is 0.507 e. The molecule has 1 aromatic heterocycles. The Kier molecular flexibility index (Phi) is 6.92. The third-order valence-corrected chi connectivity index (χ3v) is 5.65. The van der Waals surface area contributed by atoms with Crippen LogP contribution in [0.5, 0.6) is 11.5 Å². The number of methoxy groups -OCH3 is 1. The fourth-order valence-electron chi connectivity index (χ4n) is 3.95. The molecule has 1 amide bonds. The van der Waals surface area contributed by atoms with Gasteiger partial charge in [-0.1, -0.05) is 25.1 Å². The number of pyridine rings is 1. The Bertz CT molecular complexity index is 1190. The second-order valence-corrected chi connectivity index (χ2v) is 7.93. The van der Waals surface area contributed by atoms with Crippen LogP contribution in [0, 0.1) is 0 Å². The Morgan fingerprint density at radius 1 is 1.03 bits per heavy atom. The molecule has 2 heterocycles. The third kappa shape index (κ3) is 4.64. The second-order valence-electron chi connectivity index (χ2n) is 7.93. The number of carbonyl (C=O) groups is 2. The highest BCUT2D eigenvalue weighted by atomic mass is 16.5. The Morgan fingerprint density at radius 2 is 1.74 bits per heavy atom. The van der Waals surface area contributed by atoms with Crippen LogP contribution >= 0.6 is 0 Å². The van der Waals surface area contributed by atoms with Gasteiger partial charge in [0.05, 0.1) is 25.3 Å². The smallest absolute Gasteiger partial charge is 0.295 e. The molecule has 7 nitrogen and oxygen atoms in total. The Labute approximate surface area is 198 Å². The van der Waals surface area contributed by atoms with E-state index in [-0.39, 0.29) is 17.9 Å². The maximum Gasteiger partial charge on any atom is 0.295 e. The quantitative estimate of drug-likeness (QED) is 0.304. The van der Waals surface area contributed by atoms with E-state index in [2.05, 4.69) is 4.98 Å². The second kappa shape index (κ2) is 10.2. The molecule has 1 fully saturated rings. The highest BCUT2D eigenvalue weighted by Gasteiger charge is 2.46. The number of aliphatic hydroxyl groups excluding tert-OH is 1. The molecular formula is C27H26N2O5. The number of likely N-dealkylation sites (tertiary alicyclic amines) is 1. The van der Waals surface area contributed by atoms with Gasteiger partial charge in [-0.3, -0.25) is 14.6 Å². The van der Waals surface area contributed by atoms with Crippen LogP contribution in [0.2, 0.25) is 0 Å². The van der Waals surface area contributed by atoms with Gasteiger partial charge in [0.1, 0.15) is 17.3 Å². The Morgan fingerprint density at radius 3 is 2.35 bits per heavy atom. The molecule has 0 spiro atoms. The van der Waals surface area contributed by atoms with E-state index in [1.54, 1.807) is 49.8 Å². The molecule has 1 N–H and O–H groups in total. The number of ether oxygens (including phenoxy) is 2. The maximum atomic E-state index is 13.2. The van der Waals surface area contributed by atoms with Crippen molar-refractivity contribution in [3.8, 4) is 11.5 Å². The third-order valence-electron chi connectivity index (χ3n) is 5.65. The molecule has 0 bridgehead atoms. The number of aromatic nitrogens is 1. The van der Waals surface area contributed by atoms with Crippen molar-refractivity contribution in [1.29, 1.82) is 0 Å². The first kappa shape index (κ1) is 23.0. The first-order valence-corrected chi connectivity index (χ1v) is 11.1. The summed E-state index contributed by atoms with van der Waals surface area (Å²) in [6.45, 7) is 2.80. The fraction of sp³-hybridized carbons (Fsp3) is 0.222. The first-order valence-electron chi connectivity index (χ1n) is 11.1. The predicted molar refractivity (Wildman–Crippen MR) is 127 cm³/mol. The van der Waals surface area contributed by atoms with Crippen molar-refractivity contribution in [1.82, 2.24) is 9.88 Å². The van der Waals surface area contributed by atoms with Crippen LogP contribution in [0.15, 0.2) is 78.6 Å². The van der Waals surface area contributed by atoms with Gasteiger partial charge < -0.3 is 19.5 Å². The standard InChI is InChI=1S/C27H26N2O5/c1-3-15-34-22-12-6-19(7-13-22)24-23(25(30)20-8-10-21(33-2)11-9-20)26(31)27(32)29(24)17-18-5-4-14-28-16-18/h4-14,16,24,30H,3,15,17H2,1-2H3/b25-23-. The van der Waals surface area contributed by atoms with Gasteiger partial charge >= 0.3 is 0 Å². The zero-order chi connectivity index (χ0) is 24.1. The van der Waals surface area contributed by atoms with Crippen LogP contribution in [0.4, 0.5) is 0 Å². The summed E-state index contributed by atoms with van der Waals surface area (Å²) in [5, 5.41) is 11.2. The number of aliphatic hydroxyl groups is 1. The number of Topliss-reactive ketones (excluding diaryl/α,β-unsaturated/α-hetero) is 1. The van der Waals surface area contributed by atoms with Crippen LogP contribution in [-0.2, 0) is 16.1 Å². The lowest BCUT2D eigenvalue weighted by atomic mass is 9.95. The van der Waals surface area contributed by atoms with Crippen molar-refractivity contribution >= 4 is 17.4 Å². The normalized spacial score (nSPS) is 17.1. The number of rotatable bonds is 8. The van der Waals surface area contributed by atoms with Gasteiger partial charge in [-0.05, 0) is 60.0 Å². The molecule has 1 saturated heterocycles. The SMILES string of the molecule is CCCOc1ccc(C2/C(=C(/O)c3ccc(OC)cc3)C(=O)C(=O)N2Cc2cccnc2)cc1. The van der Waals surface area contributed by atoms with Crippen molar-refractivity contribution < 1.29 is 24.2 Å². The van der Waals surface area contributed by atoms with Crippen LogP contribution in [0.1, 0.15) is 36.1 Å². The number of hydrogen-bond acceptors (Lipinski definition) is 6. The lowest BCUT2D eigenvalue weighted by Gasteiger charge is -2.25. The summed E-state index contributed by atoms with van der Waals surface area (Å²) in [6.07, 6.45) is 4.18. The molecule has 4 rings (SSSR count). The van der Waals surface area contributed by atoms with E-state index in [0.717, 1.165) is 12.0 Å². The zero-order valence-electron chi connectivity index (χ0n) is 19.1. The molecule has 1 aliphatic rings. The molecule has 3 aromatic rings. The van der Waals surface area contributed by atoms with E-state index < -0.39 is 17.7 Å². The van der Waals surface area contributed by atoms with Crippen molar-refractivity contribution in [2.24, 2.45) is 0 Å². The van der Waals surface area contributed by atoms with E-state index >= 15 is 0 Å². The van der Waals surface area contributed by atoms with Gasteiger partial charge in [-0.25, -0.2) is 0 Å². The van der Waals surface area contributed by atoms with Gasteiger partial charge in [-0.15, -0.1) is 0 Å². The van der Waals surface area contributed by atoms with Gasteiger partial charge in [0.2, 0.25) is 0 Å². The maximum absolute atomic E-state index is 13.2. The van der Waals surface area contributed by atoms with E-state index in [9.17, 15) is 14.7 Å². The van der Waals surface area contributed by atoms with Crippen molar-refractivity contribution in [2.75, 3.05) is 13.7 Å². The van der Waals surface area contributed by atoms with Crippen LogP contribution in [0.3, 0.4) is 0 Å². The predicted octanol–water partition coefficient (Wildman–Crippen LogP) is 4.50. The fourth-order valence-corrected chi connectivity index (χ4v) is 3.95. The summed E-state index contributed by atoms with van der Waals surface area (Å²) in [4.78, 5) is 31.9. The highest BCUT2D eigenvalue weighted by Crippen LogP contribution is 2.40.